The molecule has 2 aromatic carbocycles. The summed E-state index contributed by atoms with van der Waals surface area (Å²) in [4.78, 5) is 2.79. The molecule has 3 nitrogen and oxygen atoms in total. The van der Waals surface area contributed by atoms with Crippen LogP contribution in [0.2, 0.25) is 0 Å². The number of piperidine rings is 1. The molecule has 0 radical (unpaired) electrons. The second-order valence-electron chi connectivity index (χ2n) is 7.81. The highest BCUT2D eigenvalue weighted by Gasteiger charge is 2.34. The van der Waals surface area contributed by atoms with Gasteiger partial charge in [-0.15, -0.1) is 0 Å². The van der Waals surface area contributed by atoms with E-state index >= 15 is 0 Å². The molecule has 152 valence electrons. The summed E-state index contributed by atoms with van der Waals surface area (Å²) in [5.74, 6) is 0.0188. The molecule has 0 saturated carbocycles. The van der Waals surface area contributed by atoms with E-state index in [4.69, 9.17) is 0 Å². The van der Waals surface area contributed by atoms with Gasteiger partial charge in [0.05, 0.1) is 10.6 Å². The molecule has 2 atom stereocenters. The topological polar surface area (TPSA) is 37.4 Å². The van der Waals surface area contributed by atoms with Crippen molar-refractivity contribution in [1.82, 2.24) is 4.90 Å². The lowest BCUT2D eigenvalue weighted by Crippen LogP contribution is -2.42. The van der Waals surface area contributed by atoms with Gasteiger partial charge in [0.1, 0.15) is 5.82 Å². The highest BCUT2D eigenvalue weighted by Crippen LogP contribution is 2.35. The predicted octanol–water partition coefficient (Wildman–Crippen LogP) is 4.90. The van der Waals surface area contributed by atoms with Gasteiger partial charge in [0.2, 0.25) is 0 Å². The molecule has 0 amide bonds. The lowest BCUT2D eigenvalue weighted by atomic mass is 9.81. The maximum absolute atomic E-state index is 13.4. The average molecular weight is 404 g/mol. The molecular weight excluding hydrogens is 373 g/mol. The van der Waals surface area contributed by atoms with Crippen molar-refractivity contribution in [3.8, 4) is 0 Å². The fourth-order valence-corrected chi connectivity index (χ4v) is 5.89. The lowest BCUT2D eigenvalue weighted by molar-refractivity contribution is 0.162. The summed E-state index contributed by atoms with van der Waals surface area (Å²) >= 11 is 0. The largest absolute Gasteiger partial charge is 0.303 e. The van der Waals surface area contributed by atoms with E-state index in [0.29, 0.717) is 4.90 Å². The summed E-state index contributed by atoms with van der Waals surface area (Å²) < 4.78 is 39.4. The Balaban J connectivity index is 1.80. The SMILES string of the molecule is CCCCCN1CC[C@H](c2ccc(F)cc2)[C@@H](CS(=O)(=O)c2ccccc2)C1. The molecule has 3 rings (SSSR count). The molecule has 28 heavy (non-hydrogen) atoms. The van der Waals surface area contributed by atoms with E-state index in [2.05, 4.69) is 11.8 Å². The Labute approximate surface area is 168 Å². The van der Waals surface area contributed by atoms with E-state index in [0.717, 1.165) is 38.0 Å². The molecule has 1 fully saturated rings. The normalized spacial score (nSPS) is 20.9. The van der Waals surface area contributed by atoms with Crippen LogP contribution in [0.25, 0.3) is 0 Å². The molecule has 1 aliphatic heterocycles. The van der Waals surface area contributed by atoms with Crippen LogP contribution in [-0.2, 0) is 9.84 Å². The molecule has 0 N–H and O–H groups in total. The van der Waals surface area contributed by atoms with E-state index in [1.807, 2.05) is 18.2 Å². The molecule has 2 aromatic rings. The van der Waals surface area contributed by atoms with E-state index in [1.165, 1.54) is 25.0 Å². The summed E-state index contributed by atoms with van der Waals surface area (Å²) in [7, 11) is -3.36. The fraction of sp³-hybridized carbons (Fsp3) is 0.478. The molecule has 0 unspecified atom stereocenters. The molecule has 5 heteroatoms. The Morgan fingerprint density at radius 3 is 2.43 bits per heavy atom. The van der Waals surface area contributed by atoms with E-state index < -0.39 is 9.84 Å². The van der Waals surface area contributed by atoms with Crippen LogP contribution in [0.4, 0.5) is 4.39 Å². The number of halogens is 1. The van der Waals surface area contributed by atoms with Crippen LogP contribution in [0, 0.1) is 11.7 Å². The molecule has 1 heterocycles. The molecule has 1 aliphatic rings. The van der Waals surface area contributed by atoms with Gasteiger partial charge in [-0.25, -0.2) is 12.8 Å². The summed E-state index contributed by atoms with van der Waals surface area (Å²) in [6.45, 7) is 4.95. The number of likely N-dealkylation sites (tertiary alicyclic amines) is 1. The minimum Gasteiger partial charge on any atom is -0.303 e. The summed E-state index contributed by atoms with van der Waals surface area (Å²) in [6, 6.07) is 15.3. The lowest BCUT2D eigenvalue weighted by Gasteiger charge is -2.39. The first-order valence-corrected chi connectivity index (χ1v) is 11.9. The average Bonchev–Trinajstić information content (AvgIpc) is 2.70. The Morgan fingerprint density at radius 1 is 1.04 bits per heavy atom. The van der Waals surface area contributed by atoms with Gasteiger partial charge in [-0.1, -0.05) is 50.1 Å². The smallest absolute Gasteiger partial charge is 0.178 e. The fourth-order valence-electron chi connectivity index (χ4n) is 4.22. The number of sulfone groups is 1. The molecular formula is C23H30FNO2S. The highest BCUT2D eigenvalue weighted by atomic mass is 32.2. The van der Waals surface area contributed by atoms with Crippen LogP contribution in [0.15, 0.2) is 59.5 Å². The van der Waals surface area contributed by atoms with Gasteiger partial charge in [0.15, 0.2) is 9.84 Å². The van der Waals surface area contributed by atoms with Gasteiger partial charge in [-0.05, 0) is 67.6 Å². The standard InChI is InChI=1S/C23H30FNO2S/c1-2-3-7-15-25-16-14-23(19-10-12-21(24)13-11-19)20(17-25)18-28(26,27)22-8-5-4-6-9-22/h4-6,8-13,20,23H,2-3,7,14-18H2,1H3/t20-,23-/m1/s1. The van der Waals surface area contributed by atoms with Crippen molar-refractivity contribution in [3.63, 3.8) is 0 Å². The van der Waals surface area contributed by atoms with Gasteiger partial charge in [0.25, 0.3) is 0 Å². The van der Waals surface area contributed by atoms with Crippen LogP contribution in [0.3, 0.4) is 0 Å². The van der Waals surface area contributed by atoms with E-state index in [-0.39, 0.29) is 23.4 Å². The minimum atomic E-state index is -3.36. The predicted molar refractivity (Wildman–Crippen MR) is 112 cm³/mol. The molecule has 1 saturated heterocycles. The van der Waals surface area contributed by atoms with Gasteiger partial charge >= 0.3 is 0 Å². The maximum Gasteiger partial charge on any atom is 0.178 e. The first-order chi connectivity index (χ1) is 13.5. The van der Waals surface area contributed by atoms with Crippen molar-refractivity contribution in [2.45, 2.75) is 43.4 Å². The monoisotopic (exact) mass is 403 g/mol. The van der Waals surface area contributed by atoms with Crippen LogP contribution in [-0.4, -0.2) is 38.7 Å². The van der Waals surface area contributed by atoms with Gasteiger partial charge in [0, 0.05) is 6.54 Å². The number of benzene rings is 2. The third-order valence-corrected chi connectivity index (χ3v) is 7.59. The first kappa shape index (κ1) is 21.0. The molecule has 0 spiro atoms. The summed E-state index contributed by atoms with van der Waals surface area (Å²) in [6.07, 6.45) is 4.44. The third-order valence-electron chi connectivity index (χ3n) is 5.73. The quantitative estimate of drug-likeness (QED) is 0.589. The minimum absolute atomic E-state index is 0.00560. The number of hydrogen-bond acceptors (Lipinski definition) is 3. The summed E-state index contributed by atoms with van der Waals surface area (Å²) in [5, 5.41) is 0. The zero-order chi connectivity index (χ0) is 20.0. The number of nitrogens with zero attached hydrogens (tertiary/aromatic N) is 1. The van der Waals surface area contributed by atoms with Crippen molar-refractivity contribution in [2.24, 2.45) is 5.92 Å². The Morgan fingerprint density at radius 2 is 1.75 bits per heavy atom. The zero-order valence-electron chi connectivity index (χ0n) is 16.6. The van der Waals surface area contributed by atoms with Crippen molar-refractivity contribution in [1.29, 1.82) is 0 Å². The maximum atomic E-state index is 13.4. The number of unbranched alkanes of at least 4 members (excludes halogenated alkanes) is 2. The third kappa shape index (κ3) is 5.42. The van der Waals surface area contributed by atoms with Crippen LogP contribution < -0.4 is 0 Å². The van der Waals surface area contributed by atoms with Crippen LogP contribution in [0.1, 0.15) is 44.1 Å². The van der Waals surface area contributed by atoms with Crippen molar-refractivity contribution < 1.29 is 12.8 Å². The first-order valence-electron chi connectivity index (χ1n) is 10.2. The van der Waals surface area contributed by atoms with Gasteiger partial charge in [-0.2, -0.15) is 0 Å². The van der Waals surface area contributed by atoms with Crippen LogP contribution in [0.5, 0.6) is 0 Å². The van der Waals surface area contributed by atoms with Gasteiger partial charge in [-0.3, -0.25) is 0 Å². The zero-order valence-corrected chi connectivity index (χ0v) is 17.4. The molecule has 0 aromatic heterocycles. The second-order valence-corrected chi connectivity index (χ2v) is 9.84. The van der Waals surface area contributed by atoms with E-state index in [9.17, 15) is 12.8 Å². The van der Waals surface area contributed by atoms with Gasteiger partial charge < -0.3 is 4.90 Å². The highest BCUT2D eigenvalue weighted by molar-refractivity contribution is 7.91. The Kier molecular flexibility index (Phi) is 7.24. The van der Waals surface area contributed by atoms with Crippen molar-refractivity contribution >= 4 is 9.84 Å². The summed E-state index contributed by atoms with van der Waals surface area (Å²) in [5.41, 5.74) is 1.04. The van der Waals surface area contributed by atoms with Crippen molar-refractivity contribution in [3.05, 3.63) is 66.0 Å². The Hall–Kier alpha value is -1.72. The van der Waals surface area contributed by atoms with E-state index in [1.54, 1.807) is 24.3 Å². The second kappa shape index (κ2) is 9.66. The molecule has 0 bridgehead atoms. The number of hydrogen-bond donors (Lipinski definition) is 0. The Bertz CT molecular complexity index is 837. The van der Waals surface area contributed by atoms with Crippen molar-refractivity contribution in [2.75, 3.05) is 25.4 Å². The van der Waals surface area contributed by atoms with Crippen LogP contribution >= 0.6 is 0 Å². The number of rotatable bonds is 8. The molecule has 0 aliphatic carbocycles.